The Bertz CT molecular complexity index is 629. The molecule has 0 radical (unpaired) electrons. The Morgan fingerprint density at radius 2 is 2.00 bits per heavy atom. The fraction of sp³-hybridized carbons (Fsp3) is 0.500. The standard InChI is InChI=1S/C18H25N3O/c1-13(2)21-18-10-11-19-12-16(18)17(20-21)9-6-14-4-7-15(22-3)8-5-14/h4-5,7-8,13,19H,6,9-12H2,1-3H3. The fourth-order valence-electron chi connectivity index (χ4n) is 3.13. The number of hydrogen-bond acceptors (Lipinski definition) is 3. The van der Waals surface area contributed by atoms with Crippen LogP contribution in [-0.4, -0.2) is 23.4 Å². The van der Waals surface area contributed by atoms with Gasteiger partial charge in [0, 0.05) is 36.8 Å². The summed E-state index contributed by atoms with van der Waals surface area (Å²) in [7, 11) is 1.70. The number of nitrogens with one attached hydrogen (secondary N) is 1. The Kier molecular flexibility index (Phi) is 4.48. The molecular weight excluding hydrogens is 274 g/mol. The van der Waals surface area contributed by atoms with Crippen LogP contribution >= 0.6 is 0 Å². The molecule has 0 spiro atoms. The third-order valence-corrected chi connectivity index (χ3v) is 4.34. The summed E-state index contributed by atoms with van der Waals surface area (Å²) in [6, 6.07) is 8.77. The average molecular weight is 299 g/mol. The summed E-state index contributed by atoms with van der Waals surface area (Å²) in [5.74, 6) is 0.911. The van der Waals surface area contributed by atoms with Crippen LogP contribution in [0.25, 0.3) is 0 Å². The summed E-state index contributed by atoms with van der Waals surface area (Å²) in [5.41, 5.74) is 5.44. The van der Waals surface area contributed by atoms with Crippen LogP contribution in [0.1, 0.15) is 42.4 Å². The van der Waals surface area contributed by atoms with Crippen molar-refractivity contribution in [2.24, 2.45) is 0 Å². The zero-order valence-corrected chi connectivity index (χ0v) is 13.7. The number of ether oxygens (including phenoxy) is 1. The maximum Gasteiger partial charge on any atom is 0.118 e. The second kappa shape index (κ2) is 6.53. The fourth-order valence-corrected chi connectivity index (χ4v) is 3.13. The molecule has 1 aromatic carbocycles. The molecule has 1 N–H and O–H groups in total. The van der Waals surface area contributed by atoms with Crippen molar-refractivity contribution < 1.29 is 4.74 Å². The normalized spacial score (nSPS) is 14.2. The van der Waals surface area contributed by atoms with E-state index in [1.165, 1.54) is 22.5 Å². The molecule has 118 valence electrons. The summed E-state index contributed by atoms with van der Waals surface area (Å²) in [6.07, 6.45) is 3.10. The molecule has 1 aliphatic rings. The molecule has 1 aromatic heterocycles. The minimum absolute atomic E-state index is 0.432. The Hall–Kier alpha value is -1.81. The SMILES string of the molecule is COc1ccc(CCc2nn(C(C)C)c3c2CNCC3)cc1. The van der Waals surface area contributed by atoms with Gasteiger partial charge in [0.05, 0.1) is 12.8 Å². The molecule has 3 rings (SSSR count). The lowest BCUT2D eigenvalue weighted by Gasteiger charge is -2.17. The molecule has 0 saturated carbocycles. The summed E-state index contributed by atoms with van der Waals surface area (Å²) in [5, 5.41) is 8.37. The van der Waals surface area contributed by atoms with E-state index in [2.05, 4.69) is 36.0 Å². The lowest BCUT2D eigenvalue weighted by molar-refractivity contribution is 0.414. The molecule has 2 heterocycles. The van der Waals surface area contributed by atoms with Crippen molar-refractivity contribution in [2.45, 2.75) is 45.7 Å². The van der Waals surface area contributed by atoms with Gasteiger partial charge in [-0.2, -0.15) is 5.10 Å². The van der Waals surface area contributed by atoms with Gasteiger partial charge in [0.15, 0.2) is 0 Å². The first-order valence-corrected chi connectivity index (χ1v) is 8.12. The van der Waals surface area contributed by atoms with E-state index in [1.54, 1.807) is 7.11 Å². The van der Waals surface area contributed by atoms with E-state index in [9.17, 15) is 0 Å². The average Bonchev–Trinajstić information content (AvgIpc) is 2.92. The third-order valence-electron chi connectivity index (χ3n) is 4.34. The minimum Gasteiger partial charge on any atom is -0.497 e. The highest BCUT2D eigenvalue weighted by Crippen LogP contribution is 2.23. The number of hydrogen-bond donors (Lipinski definition) is 1. The Morgan fingerprint density at radius 1 is 1.23 bits per heavy atom. The van der Waals surface area contributed by atoms with Gasteiger partial charge in [0.25, 0.3) is 0 Å². The summed E-state index contributed by atoms with van der Waals surface area (Å²) in [4.78, 5) is 0. The number of methoxy groups -OCH3 is 1. The van der Waals surface area contributed by atoms with Crippen molar-refractivity contribution in [3.8, 4) is 5.75 Å². The predicted molar refractivity (Wildman–Crippen MR) is 88.4 cm³/mol. The van der Waals surface area contributed by atoms with E-state index in [-0.39, 0.29) is 0 Å². The highest BCUT2D eigenvalue weighted by Gasteiger charge is 2.21. The van der Waals surface area contributed by atoms with Gasteiger partial charge in [0.2, 0.25) is 0 Å². The van der Waals surface area contributed by atoms with Gasteiger partial charge in [-0.05, 0) is 44.4 Å². The van der Waals surface area contributed by atoms with Gasteiger partial charge in [-0.25, -0.2) is 0 Å². The number of aromatic nitrogens is 2. The van der Waals surface area contributed by atoms with Crippen LogP contribution in [0.3, 0.4) is 0 Å². The molecule has 4 heteroatoms. The predicted octanol–water partition coefficient (Wildman–Crippen LogP) is 2.90. The lowest BCUT2D eigenvalue weighted by atomic mass is 10.0. The maximum atomic E-state index is 5.21. The van der Waals surface area contributed by atoms with Gasteiger partial charge in [0.1, 0.15) is 5.75 Å². The number of nitrogens with zero attached hydrogens (tertiary/aromatic N) is 2. The molecule has 22 heavy (non-hydrogen) atoms. The molecule has 0 fully saturated rings. The van der Waals surface area contributed by atoms with Crippen LogP contribution in [0.2, 0.25) is 0 Å². The number of fused-ring (bicyclic) bond motifs is 1. The zero-order valence-electron chi connectivity index (χ0n) is 13.7. The zero-order chi connectivity index (χ0) is 15.5. The monoisotopic (exact) mass is 299 g/mol. The smallest absolute Gasteiger partial charge is 0.118 e. The first kappa shape index (κ1) is 15.1. The van der Waals surface area contributed by atoms with Crippen LogP contribution in [-0.2, 0) is 25.8 Å². The minimum atomic E-state index is 0.432. The highest BCUT2D eigenvalue weighted by atomic mass is 16.5. The number of benzene rings is 1. The van der Waals surface area contributed by atoms with Gasteiger partial charge >= 0.3 is 0 Å². The molecule has 4 nitrogen and oxygen atoms in total. The second-order valence-electron chi connectivity index (χ2n) is 6.19. The Morgan fingerprint density at radius 3 is 2.68 bits per heavy atom. The first-order valence-electron chi connectivity index (χ1n) is 8.12. The van der Waals surface area contributed by atoms with E-state index < -0.39 is 0 Å². The molecule has 2 aromatic rings. The molecule has 0 atom stereocenters. The van der Waals surface area contributed by atoms with Crippen molar-refractivity contribution in [2.75, 3.05) is 13.7 Å². The second-order valence-corrected chi connectivity index (χ2v) is 6.19. The van der Waals surface area contributed by atoms with E-state index in [0.717, 1.165) is 38.1 Å². The van der Waals surface area contributed by atoms with Gasteiger partial charge in [-0.15, -0.1) is 0 Å². The van der Waals surface area contributed by atoms with Crippen molar-refractivity contribution in [1.29, 1.82) is 0 Å². The maximum absolute atomic E-state index is 5.21. The molecule has 0 bridgehead atoms. The Balaban J connectivity index is 1.77. The first-order chi connectivity index (χ1) is 10.7. The van der Waals surface area contributed by atoms with Crippen LogP contribution in [0, 0.1) is 0 Å². The molecule has 0 saturated heterocycles. The van der Waals surface area contributed by atoms with Gasteiger partial charge in [-0.1, -0.05) is 12.1 Å². The van der Waals surface area contributed by atoms with E-state index in [0.29, 0.717) is 6.04 Å². The van der Waals surface area contributed by atoms with Crippen molar-refractivity contribution in [3.05, 3.63) is 46.8 Å². The van der Waals surface area contributed by atoms with Gasteiger partial charge < -0.3 is 10.1 Å². The largest absolute Gasteiger partial charge is 0.497 e. The molecule has 1 aliphatic heterocycles. The van der Waals surface area contributed by atoms with Crippen molar-refractivity contribution >= 4 is 0 Å². The van der Waals surface area contributed by atoms with Crippen LogP contribution in [0.15, 0.2) is 24.3 Å². The van der Waals surface area contributed by atoms with Crippen LogP contribution in [0.5, 0.6) is 5.75 Å². The lowest BCUT2D eigenvalue weighted by Crippen LogP contribution is -2.25. The number of aryl methyl sites for hydroxylation is 2. The van der Waals surface area contributed by atoms with Crippen LogP contribution in [0.4, 0.5) is 0 Å². The Labute approximate surface area is 132 Å². The van der Waals surface area contributed by atoms with Crippen LogP contribution < -0.4 is 10.1 Å². The topological polar surface area (TPSA) is 39.1 Å². The van der Waals surface area contributed by atoms with Gasteiger partial charge in [-0.3, -0.25) is 4.68 Å². The summed E-state index contributed by atoms with van der Waals surface area (Å²) >= 11 is 0. The molecule has 0 unspecified atom stereocenters. The van der Waals surface area contributed by atoms with Crippen molar-refractivity contribution in [3.63, 3.8) is 0 Å². The summed E-state index contributed by atoms with van der Waals surface area (Å²) < 4.78 is 7.43. The van der Waals surface area contributed by atoms with E-state index in [4.69, 9.17) is 9.84 Å². The number of rotatable bonds is 5. The van der Waals surface area contributed by atoms with E-state index in [1.807, 2.05) is 12.1 Å². The molecular formula is C18H25N3O. The summed E-state index contributed by atoms with van der Waals surface area (Å²) in [6.45, 7) is 6.44. The third kappa shape index (κ3) is 3.02. The molecule has 0 aliphatic carbocycles. The molecule has 0 amide bonds. The quantitative estimate of drug-likeness (QED) is 0.922. The van der Waals surface area contributed by atoms with E-state index >= 15 is 0 Å². The van der Waals surface area contributed by atoms with Crippen molar-refractivity contribution in [1.82, 2.24) is 15.1 Å². The highest BCUT2D eigenvalue weighted by molar-refractivity contribution is 5.31.